The molecule has 1 saturated heterocycles. The zero-order valence-electron chi connectivity index (χ0n) is 10.2. The van der Waals surface area contributed by atoms with Crippen LogP contribution in [0.15, 0.2) is 0 Å². The molecule has 0 unspecified atom stereocenters. The number of imide groups is 1. The zero-order valence-corrected chi connectivity index (χ0v) is 10.2. The summed E-state index contributed by atoms with van der Waals surface area (Å²) in [6, 6.07) is 0.0170. The fourth-order valence-corrected chi connectivity index (χ4v) is 3.49. The summed E-state index contributed by atoms with van der Waals surface area (Å²) in [5.41, 5.74) is 0.0973. The zero-order chi connectivity index (χ0) is 11.9. The molecule has 1 heterocycles. The summed E-state index contributed by atoms with van der Waals surface area (Å²) in [6.07, 6.45) is 8.24. The Hall–Kier alpha value is -1.06. The smallest absolute Gasteiger partial charge is 0.324 e. The first kappa shape index (κ1) is 11.1. The van der Waals surface area contributed by atoms with Crippen molar-refractivity contribution in [3.8, 4) is 0 Å². The van der Waals surface area contributed by atoms with Crippen LogP contribution in [0, 0.1) is 5.41 Å². The van der Waals surface area contributed by atoms with Gasteiger partial charge in [-0.3, -0.25) is 9.69 Å². The first-order chi connectivity index (χ1) is 8.20. The Bertz CT molecular complexity index is 343. The topological polar surface area (TPSA) is 49.4 Å². The molecule has 0 atom stereocenters. The molecule has 0 aromatic carbocycles. The second-order valence-corrected chi connectivity index (χ2v) is 5.89. The monoisotopic (exact) mass is 236 g/mol. The SMILES string of the molecule is O=C1CC2(CCC2)CNC(=O)N1C1CCCC1. The number of nitrogens with zero attached hydrogens (tertiary/aromatic N) is 1. The van der Waals surface area contributed by atoms with E-state index in [1.807, 2.05) is 0 Å². The van der Waals surface area contributed by atoms with Gasteiger partial charge in [-0.25, -0.2) is 4.79 Å². The van der Waals surface area contributed by atoms with Crippen molar-refractivity contribution in [2.45, 2.75) is 57.4 Å². The van der Waals surface area contributed by atoms with Gasteiger partial charge in [-0.2, -0.15) is 0 Å². The maximum Gasteiger partial charge on any atom is 0.324 e. The fraction of sp³-hybridized carbons (Fsp3) is 0.846. The van der Waals surface area contributed by atoms with Gasteiger partial charge in [0.1, 0.15) is 0 Å². The standard InChI is InChI=1S/C13H20N2O2/c16-11-8-13(6-3-7-13)9-14-12(17)15(11)10-4-1-2-5-10/h10H,1-9H2,(H,14,17). The predicted molar refractivity (Wildman–Crippen MR) is 63.4 cm³/mol. The molecule has 1 aliphatic heterocycles. The number of amides is 3. The van der Waals surface area contributed by atoms with Crippen molar-refractivity contribution >= 4 is 11.9 Å². The second-order valence-electron chi connectivity index (χ2n) is 5.89. The van der Waals surface area contributed by atoms with Crippen molar-refractivity contribution in [1.82, 2.24) is 10.2 Å². The summed E-state index contributed by atoms with van der Waals surface area (Å²) in [7, 11) is 0. The Morgan fingerprint density at radius 1 is 1.12 bits per heavy atom. The van der Waals surface area contributed by atoms with Crippen LogP contribution in [0.25, 0.3) is 0 Å². The van der Waals surface area contributed by atoms with E-state index in [9.17, 15) is 9.59 Å². The van der Waals surface area contributed by atoms with Crippen LogP contribution in [0.3, 0.4) is 0 Å². The molecule has 3 aliphatic rings. The molecule has 3 amide bonds. The number of hydrogen-bond donors (Lipinski definition) is 1. The minimum absolute atomic E-state index is 0.0617. The molecule has 3 rings (SSSR count). The van der Waals surface area contributed by atoms with Gasteiger partial charge in [-0.05, 0) is 31.1 Å². The summed E-state index contributed by atoms with van der Waals surface area (Å²) < 4.78 is 0. The Kier molecular flexibility index (Phi) is 2.60. The van der Waals surface area contributed by atoms with E-state index >= 15 is 0 Å². The average Bonchev–Trinajstić information content (AvgIpc) is 2.71. The molecule has 0 aromatic rings. The molecule has 0 radical (unpaired) electrons. The van der Waals surface area contributed by atoms with Crippen molar-refractivity contribution in [3.05, 3.63) is 0 Å². The molecule has 17 heavy (non-hydrogen) atoms. The van der Waals surface area contributed by atoms with Crippen molar-refractivity contribution in [3.63, 3.8) is 0 Å². The van der Waals surface area contributed by atoms with Gasteiger partial charge in [0.2, 0.25) is 5.91 Å². The molecule has 0 aromatic heterocycles. The maximum absolute atomic E-state index is 12.3. The van der Waals surface area contributed by atoms with E-state index in [-0.39, 0.29) is 23.4 Å². The van der Waals surface area contributed by atoms with Crippen LogP contribution in [-0.2, 0) is 4.79 Å². The quantitative estimate of drug-likeness (QED) is 0.757. The number of nitrogens with one attached hydrogen (secondary N) is 1. The highest BCUT2D eigenvalue weighted by Gasteiger charge is 2.45. The first-order valence-corrected chi connectivity index (χ1v) is 6.80. The molecule has 4 heteroatoms. The van der Waals surface area contributed by atoms with Crippen LogP contribution in [0.4, 0.5) is 4.79 Å². The van der Waals surface area contributed by atoms with Gasteiger partial charge >= 0.3 is 6.03 Å². The fourth-order valence-electron chi connectivity index (χ4n) is 3.49. The van der Waals surface area contributed by atoms with Crippen molar-refractivity contribution in [2.75, 3.05) is 6.54 Å². The molecule has 3 fully saturated rings. The van der Waals surface area contributed by atoms with E-state index in [0.29, 0.717) is 13.0 Å². The molecule has 2 aliphatic carbocycles. The third-order valence-electron chi connectivity index (χ3n) is 4.73. The lowest BCUT2D eigenvalue weighted by Crippen LogP contribution is -2.46. The van der Waals surface area contributed by atoms with Crippen LogP contribution >= 0.6 is 0 Å². The third-order valence-corrected chi connectivity index (χ3v) is 4.73. The second kappa shape index (κ2) is 4.00. The summed E-state index contributed by atoms with van der Waals surface area (Å²) in [5.74, 6) is 0.0617. The summed E-state index contributed by atoms with van der Waals surface area (Å²) in [6.45, 7) is 0.695. The Labute approximate surface area is 102 Å². The number of carbonyl (C=O) groups excluding carboxylic acids is 2. The molecule has 1 spiro atoms. The molecular formula is C13H20N2O2. The van der Waals surface area contributed by atoms with Gasteiger partial charge in [-0.15, -0.1) is 0 Å². The van der Waals surface area contributed by atoms with Crippen LogP contribution in [0.1, 0.15) is 51.4 Å². The van der Waals surface area contributed by atoms with E-state index in [1.165, 1.54) is 11.3 Å². The Balaban J connectivity index is 1.78. The number of urea groups is 1. The lowest BCUT2D eigenvalue weighted by Gasteiger charge is -2.40. The molecule has 2 saturated carbocycles. The van der Waals surface area contributed by atoms with E-state index < -0.39 is 0 Å². The van der Waals surface area contributed by atoms with Crippen molar-refractivity contribution in [2.24, 2.45) is 5.41 Å². The molecule has 0 bridgehead atoms. The van der Waals surface area contributed by atoms with Crippen LogP contribution < -0.4 is 5.32 Å². The van der Waals surface area contributed by atoms with Crippen LogP contribution in [-0.4, -0.2) is 29.4 Å². The highest BCUT2D eigenvalue weighted by Crippen LogP contribution is 2.45. The van der Waals surface area contributed by atoms with Gasteiger partial charge in [0, 0.05) is 19.0 Å². The van der Waals surface area contributed by atoms with Gasteiger partial charge in [0.05, 0.1) is 0 Å². The predicted octanol–water partition coefficient (Wildman–Crippen LogP) is 2.04. The molecule has 4 nitrogen and oxygen atoms in total. The number of hydrogen-bond acceptors (Lipinski definition) is 2. The van der Waals surface area contributed by atoms with Crippen molar-refractivity contribution < 1.29 is 9.59 Å². The highest BCUT2D eigenvalue weighted by molar-refractivity contribution is 5.96. The van der Waals surface area contributed by atoms with Crippen LogP contribution in [0.5, 0.6) is 0 Å². The lowest BCUT2D eigenvalue weighted by molar-refractivity contribution is -0.132. The van der Waals surface area contributed by atoms with Gasteiger partial charge in [0.25, 0.3) is 0 Å². The van der Waals surface area contributed by atoms with Gasteiger partial charge in [-0.1, -0.05) is 19.3 Å². The van der Waals surface area contributed by atoms with Crippen LogP contribution in [0.2, 0.25) is 0 Å². The molecule has 1 N–H and O–H groups in total. The normalized spacial score (nSPS) is 29.1. The third kappa shape index (κ3) is 1.83. The summed E-state index contributed by atoms with van der Waals surface area (Å²) in [5, 5.41) is 2.96. The highest BCUT2D eigenvalue weighted by atomic mass is 16.2. The average molecular weight is 236 g/mol. The molecular weight excluding hydrogens is 216 g/mol. The van der Waals surface area contributed by atoms with E-state index in [4.69, 9.17) is 0 Å². The Morgan fingerprint density at radius 3 is 2.41 bits per heavy atom. The Morgan fingerprint density at radius 2 is 1.82 bits per heavy atom. The minimum atomic E-state index is -0.148. The largest absolute Gasteiger partial charge is 0.337 e. The van der Waals surface area contributed by atoms with Crippen molar-refractivity contribution in [1.29, 1.82) is 0 Å². The lowest BCUT2D eigenvalue weighted by atomic mass is 9.66. The van der Waals surface area contributed by atoms with E-state index in [2.05, 4.69) is 5.32 Å². The number of rotatable bonds is 1. The molecule has 94 valence electrons. The first-order valence-electron chi connectivity index (χ1n) is 6.80. The maximum atomic E-state index is 12.3. The summed E-state index contributed by atoms with van der Waals surface area (Å²) in [4.78, 5) is 25.8. The van der Waals surface area contributed by atoms with Gasteiger partial charge in [0.15, 0.2) is 0 Å². The number of carbonyl (C=O) groups is 2. The summed E-state index contributed by atoms with van der Waals surface area (Å²) >= 11 is 0. The van der Waals surface area contributed by atoms with Gasteiger partial charge < -0.3 is 5.32 Å². The minimum Gasteiger partial charge on any atom is -0.337 e. The van der Waals surface area contributed by atoms with E-state index in [1.54, 1.807) is 0 Å². The van der Waals surface area contributed by atoms with E-state index in [0.717, 1.165) is 38.5 Å².